The highest BCUT2D eigenvalue weighted by Crippen LogP contribution is 2.23. The van der Waals surface area contributed by atoms with Crippen LogP contribution in [0.1, 0.15) is 17.2 Å². The lowest BCUT2D eigenvalue weighted by Crippen LogP contribution is -2.38. The minimum Gasteiger partial charge on any atom is -0.497 e. The molecule has 4 aromatic rings. The zero-order valence-electron chi connectivity index (χ0n) is 20.0. The molecule has 182 valence electrons. The zero-order valence-corrected chi connectivity index (χ0v) is 20.0. The lowest BCUT2D eigenvalue weighted by Gasteiger charge is -2.20. The Morgan fingerprint density at radius 1 is 0.943 bits per heavy atom. The molecule has 0 radical (unpaired) electrons. The quantitative estimate of drug-likeness (QED) is 0.413. The van der Waals surface area contributed by atoms with Crippen LogP contribution in [-0.4, -0.2) is 38.8 Å². The molecule has 2 aromatic carbocycles. The molecule has 4 rings (SSSR count). The van der Waals surface area contributed by atoms with E-state index in [1.807, 2.05) is 48.5 Å². The number of imidazole rings is 1. The number of aryl methyl sites for hydroxylation is 1. The average Bonchev–Trinajstić information content (AvgIpc) is 3.29. The normalized spacial score (nSPS) is 11.9. The molecular formula is C25H27N5O5. The Balaban J connectivity index is 1.61. The van der Waals surface area contributed by atoms with Gasteiger partial charge in [-0.2, -0.15) is 0 Å². The van der Waals surface area contributed by atoms with Crippen LogP contribution in [0, 0.1) is 0 Å². The van der Waals surface area contributed by atoms with E-state index in [4.69, 9.17) is 9.47 Å². The van der Waals surface area contributed by atoms with E-state index < -0.39 is 11.2 Å². The smallest absolute Gasteiger partial charge is 0.332 e. The number of hydrogen-bond donors (Lipinski definition) is 1. The third kappa shape index (κ3) is 4.81. The summed E-state index contributed by atoms with van der Waals surface area (Å²) < 4.78 is 14.2. The van der Waals surface area contributed by atoms with Crippen LogP contribution in [0.5, 0.6) is 11.5 Å². The van der Waals surface area contributed by atoms with Crippen LogP contribution < -0.4 is 26.0 Å². The van der Waals surface area contributed by atoms with Gasteiger partial charge in [0.15, 0.2) is 11.2 Å². The first-order chi connectivity index (χ1) is 16.8. The van der Waals surface area contributed by atoms with E-state index in [9.17, 15) is 14.4 Å². The summed E-state index contributed by atoms with van der Waals surface area (Å²) in [6.45, 7) is -0.126. The predicted molar refractivity (Wildman–Crippen MR) is 131 cm³/mol. The van der Waals surface area contributed by atoms with Crippen LogP contribution in [0.2, 0.25) is 0 Å². The topological polar surface area (TPSA) is 109 Å². The maximum atomic E-state index is 13.1. The summed E-state index contributed by atoms with van der Waals surface area (Å²) in [5.74, 6) is 1.17. The number of nitrogens with one attached hydrogen (secondary N) is 1. The Kier molecular flexibility index (Phi) is 6.72. The number of benzene rings is 2. The number of rotatable bonds is 8. The van der Waals surface area contributed by atoms with Gasteiger partial charge in [-0.25, -0.2) is 9.78 Å². The van der Waals surface area contributed by atoms with Crippen LogP contribution in [-0.2, 0) is 31.9 Å². The molecule has 0 unspecified atom stereocenters. The van der Waals surface area contributed by atoms with Gasteiger partial charge in [-0.05, 0) is 41.8 Å². The maximum Gasteiger partial charge on any atom is 0.332 e. The van der Waals surface area contributed by atoms with E-state index in [1.54, 1.807) is 14.2 Å². The molecule has 0 aliphatic rings. The molecule has 1 atom stereocenters. The molecule has 10 heteroatoms. The molecular weight excluding hydrogens is 450 g/mol. The second kappa shape index (κ2) is 9.88. The van der Waals surface area contributed by atoms with E-state index in [0.29, 0.717) is 6.42 Å². The van der Waals surface area contributed by atoms with Gasteiger partial charge in [0, 0.05) is 14.1 Å². The third-order valence-electron chi connectivity index (χ3n) is 5.98. The van der Waals surface area contributed by atoms with Crippen molar-refractivity contribution in [3.63, 3.8) is 0 Å². The van der Waals surface area contributed by atoms with Crippen molar-refractivity contribution in [2.24, 2.45) is 14.1 Å². The van der Waals surface area contributed by atoms with Crippen molar-refractivity contribution in [3.05, 3.63) is 86.8 Å². The van der Waals surface area contributed by atoms with E-state index >= 15 is 0 Å². The summed E-state index contributed by atoms with van der Waals surface area (Å²) in [7, 11) is 6.15. The van der Waals surface area contributed by atoms with Gasteiger partial charge < -0.3 is 19.4 Å². The number of hydrogen-bond acceptors (Lipinski definition) is 6. The SMILES string of the molecule is COc1ccc(C[C@H](NC(=O)Cn2cnc3c2c(=O)n(C)c(=O)n3C)c2ccc(OC)cc2)cc1. The van der Waals surface area contributed by atoms with Gasteiger partial charge in [-0.1, -0.05) is 24.3 Å². The Hall–Kier alpha value is -4.34. The first-order valence-corrected chi connectivity index (χ1v) is 11.0. The largest absolute Gasteiger partial charge is 0.497 e. The van der Waals surface area contributed by atoms with Crippen LogP contribution in [0.3, 0.4) is 0 Å². The van der Waals surface area contributed by atoms with Gasteiger partial charge in [-0.15, -0.1) is 0 Å². The number of ether oxygens (including phenoxy) is 2. The van der Waals surface area contributed by atoms with Crippen molar-refractivity contribution in [2.75, 3.05) is 14.2 Å². The molecule has 2 heterocycles. The monoisotopic (exact) mass is 477 g/mol. The minimum atomic E-state index is -0.502. The zero-order chi connectivity index (χ0) is 25.1. The molecule has 0 saturated heterocycles. The van der Waals surface area contributed by atoms with Crippen molar-refractivity contribution in [3.8, 4) is 11.5 Å². The van der Waals surface area contributed by atoms with Gasteiger partial charge in [0.1, 0.15) is 18.0 Å². The summed E-state index contributed by atoms with van der Waals surface area (Å²) in [6, 6.07) is 14.8. The summed E-state index contributed by atoms with van der Waals surface area (Å²) in [5, 5.41) is 3.07. The summed E-state index contributed by atoms with van der Waals surface area (Å²) in [4.78, 5) is 42.2. The Morgan fingerprint density at radius 2 is 1.54 bits per heavy atom. The van der Waals surface area contributed by atoms with Crippen LogP contribution >= 0.6 is 0 Å². The Labute approximate surface area is 201 Å². The standard InChI is InChI=1S/C25H27N5O5/c1-28-23-22(24(32)29(2)25(28)33)30(15-26-23)14-21(31)27-20(17-7-11-19(35-4)12-8-17)13-16-5-9-18(34-3)10-6-16/h5-12,15,20H,13-14H2,1-4H3,(H,27,31)/t20-/m0/s1. The lowest BCUT2D eigenvalue weighted by atomic mass is 9.98. The molecule has 10 nitrogen and oxygen atoms in total. The highest BCUT2D eigenvalue weighted by atomic mass is 16.5. The van der Waals surface area contributed by atoms with Gasteiger partial charge in [0.2, 0.25) is 5.91 Å². The summed E-state index contributed by atoms with van der Waals surface area (Å²) in [6.07, 6.45) is 1.94. The summed E-state index contributed by atoms with van der Waals surface area (Å²) in [5.41, 5.74) is 1.37. The second-order valence-corrected chi connectivity index (χ2v) is 8.20. The number of aromatic nitrogens is 4. The second-order valence-electron chi connectivity index (χ2n) is 8.20. The molecule has 0 aliphatic carbocycles. The van der Waals surface area contributed by atoms with Crippen molar-refractivity contribution in [1.82, 2.24) is 24.0 Å². The molecule has 0 aliphatic heterocycles. The molecule has 0 bridgehead atoms. The lowest BCUT2D eigenvalue weighted by molar-refractivity contribution is -0.122. The summed E-state index contributed by atoms with van der Waals surface area (Å²) >= 11 is 0. The molecule has 1 amide bonds. The van der Waals surface area contributed by atoms with Gasteiger partial charge in [0.05, 0.1) is 26.6 Å². The van der Waals surface area contributed by atoms with Crippen molar-refractivity contribution < 1.29 is 14.3 Å². The first kappa shape index (κ1) is 23.8. The number of fused-ring (bicyclic) bond motifs is 1. The molecule has 2 aromatic heterocycles. The fourth-order valence-corrected chi connectivity index (χ4v) is 4.00. The van der Waals surface area contributed by atoms with Crippen LogP contribution in [0.15, 0.2) is 64.4 Å². The van der Waals surface area contributed by atoms with E-state index in [1.165, 1.54) is 29.6 Å². The van der Waals surface area contributed by atoms with Crippen molar-refractivity contribution >= 4 is 17.1 Å². The van der Waals surface area contributed by atoms with Crippen molar-refractivity contribution in [2.45, 2.75) is 19.0 Å². The molecule has 1 N–H and O–H groups in total. The Morgan fingerprint density at radius 3 is 2.14 bits per heavy atom. The van der Waals surface area contributed by atoms with Crippen LogP contribution in [0.4, 0.5) is 0 Å². The number of carbonyl (C=O) groups excluding carboxylic acids is 1. The first-order valence-electron chi connectivity index (χ1n) is 11.0. The van der Waals surface area contributed by atoms with Crippen LogP contribution in [0.25, 0.3) is 11.2 Å². The van der Waals surface area contributed by atoms with Gasteiger partial charge >= 0.3 is 5.69 Å². The molecule has 35 heavy (non-hydrogen) atoms. The highest BCUT2D eigenvalue weighted by Gasteiger charge is 2.19. The highest BCUT2D eigenvalue weighted by molar-refractivity contribution is 5.79. The molecule has 0 saturated carbocycles. The Bertz CT molecular complexity index is 1470. The fraction of sp³-hybridized carbons (Fsp3) is 0.280. The number of methoxy groups -OCH3 is 2. The number of nitrogens with zero attached hydrogens (tertiary/aromatic N) is 4. The van der Waals surface area contributed by atoms with Crippen molar-refractivity contribution in [1.29, 1.82) is 0 Å². The van der Waals surface area contributed by atoms with Gasteiger partial charge in [-0.3, -0.25) is 18.7 Å². The molecule has 0 spiro atoms. The fourth-order valence-electron chi connectivity index (χ4n) is 4.00. The van der Waals surface area contributed by atoms with E-state index in [2.05, 4.69) is 10.3 Å². The molecule has 0 fully saturated rings. The van der Waals surface area contributed by atoms with E-state index in [-0.39, 0.29) is 29.7 Å². The number of amides is 1. The maximum absolute atomic E-state index is 13.1. The predicted octanol–water partition coefficient (Wildman–Crippen LogP) is 1.55. The van der Waals surface area contributed by atoms with Gasteiger partial charge in [0.25, 0.3) is 5.56 Å². The number of carbonyl (C=O) groups is 1. The minimum absolute atomic E-state index is 0.126. The average molecular weight is 478 g/mol. The third-order valence-corrected chi connectivity index (χ3v) is 5.98. The van der Waals surface area contributed by atoms with E-state index in [0.717, 1.165) is 27.2 Å².